The lowest BCUT2D eigenvalue weighted by Gasteiger charge is -2.17. The van der Waals surface area contributed by atoms with E-state index in [2.05, 4.69) is 25.7 Å². The van der Waals surface area contributed by atoms with Gasteiger partial charge in [0.1, 0.15) is 0 Å². The fourth-order valence-electron chi connectivity index (χ4n) is 1.26. The van der Waals surface area contributed by atoms with Crippen LogP contribution in [-0.4, -0.2) is 16.6 Å². The van der Waals surface area contributed by atoms with Crippen molar-refractivity contribution in [3.8, 4) is 5.75 Å². The van der Waals surface area contributed by atoms with Crippen molar-refractivity contribution in [2.24, 2.45) is 0 Å². The summed E-state index contributed by atoms with van der Waals surface area (Å²) in [5.41, 5.74) is -3.68. The molecule has 0 aliphatic heterocycles. The zero-order valence-corrected chi connectivity index (χ0v) is 11.4. The van der Waals surface area contributed by atoms with Crippen LogP contribution >= 0.6 is 27.5 Å². The van der Waals surface area contributed by atoms with Gasteiger partial charge in [0.2, 0.25) is 0 Å². The largest absolute Gasteiger partial charge is 0.573 e. The zero-order chi connectivity index (χ0) is 15.7. The first-order chi connectivity index (χ1) is 8.97. The summed E-state index contributed by atoms with van der Waals surface area (Å²) in [6.07, 6.45) is -10.2. The van der Waals surface area contributed by atoms with Crippen LogP contribution in [0.1, 0.15) is 21.6 Å². The Bertz CT molecular complexity index is 530. The van der Waals surface area contributed by atoms with Gasteiger partial charge in [-0.05, 0) is 11.6 Å². The van der Waals surface area contributed by atoms with E-state index in [-0.39, 0.29) is 11.5 Å². The third-order valence-corrected chi connectivity index (χ3v) is 2.67. The molecule has 3 nitrogen and oxygen atoms in total. The Morgan fingerprint density at radius 1 is 1.30 bits per heavy atom. The first-order valence-corrected chi connectivity index (χ1v) is 6.08. The van der Waals surface area contributed by atoms with Crippen LogP contribution in [0.15, 0.2) is 6.20 Å². The summed E-state index contributed by atoms with van der Waals surface area (Å²) in [6.45, 7) is 0. The molecule has 0 saturated carbocycles. The van der Waals surface area contributed by atoms with Crippen molar-refractivity contribution in [1.82, 2.24) is 4.98 Å². The standard InChI is InChI=1S/C9H3BrClF6NO2/c10-1-4-6(20-9(15,16)17)5(7(11)19)3(2-18-4)8(12,13)14/h2H,1H2. The molecule has 0 fully saturated rings. The van der Waals surface area contributed by atoms with Crippen LogP contribution in [0.25, 0.3) is 0 Å². The van der Waals surface area contributed by atoms with E-state index in [9.17, 15) is 31.1 Å². The molecule has 1 aromatic rings. The second-order valence-electron chi connectivity index (χ2n) is 3.28. The van der Waals surface area contributed by atoms with Crippen LogP contribution in [-0.2, 0) is 11.5 Å². The molecule has 20 heavy (non-hydrogen) atoms. The van der Waals surface area contributed by atoms with E-state index < -0.39 is 40.4 Å². The molecule has 0 aromatic carbocycles. The predicted molar refractivity (Wildman–Crippen MR) is 58.7 cm³/mol. The average molecular weight is 386 g/mol. The first kappa shape index (κ1) is 17.0. The smallest absolute Gasteiger partial charge is 0.403 e. The van der Waals surface area contributed by atoms with Crippen LogP contribution < -0.4 is 4.74 Å². The highest BCUT2D eigenvalue weighted by Gasteiger charge is 2.41. The summed E-state index contributed by atoms with van der Waals surface area (Å²) in [6, 6.07) is 0. The minimum Gasteiger partial charge on any atom is -0.403 e. The van der Waals surface area contributed by atoms with Crippen LogP contribution in [0.4, 0.5) is 26.3 Å². The minimum absolute atomic E-state index is 0.218. The molecule has 0 spiro atoms. The van der Waals surface area contributed by atoms with Crippen LogP contribution in [0.5, 0.6) is 5.75 Å². The number of carbonyl (C=O) groups is 1. The lowest BCUT2D eigenvalue weighted by Crippen LogP contribution is -2.22. The van der Waals surface area contributed by atoms with E-state index in [1.54, 1.807) is 0 Å². The van der Waals surface area contributed by atoms with Gasteiger partial charge in [-0.1, -0.05) is 15.9 Å². The molecule has 0 bridgehead atoms. The quantitative estimate of drug-likeness (QED) is 0.442. The third kappa shape index (κ3) is 3.98. The Kier molecular flexibility index (Phi) is 4.90. The molecule has 1 heterocycles. The van der Waals surface area contributed by atoms with Gasteiger partial charge in [-0.3, -0.25) is 9.78 Å². The molecule has 0 N–H and O–H groups in total. The second-order valence-corrected chi connectivity index (χ2v) is 4.18. The summed E-state index contributed by atoms with van der Waals surface area (Å²) in [5.74, 6) is -1.37. The highest BCUT2D eigenvalue weighted by Crippen LogP contribution is 2.40. The van der Waals surface area contributed by atoms with Gasteiger partial charge in [0.05, 0.1) is 16.8 Å². The number of halogens is 8. The van der Waals surface area contributed by atoms with Gasteiger partial charge in [-0.2, -0.15) is 13.2 Å². The van der Waals surface area contributed by atoms with E-state index in [0.717, 1.165) is 0 Å². The number of ether oxygens (including phenoxy) is 1. The second kappa shape index (κ2) is 5.76. The maximum absolute atomic E-state index is 12.7. The number of rotatable bonds is 3. The molecule has 1 aromatic heterocycles. The van der Waals surface area contributed by atoms with Crippen LogP contribution in [0.2, 0.25) is 0 Å². The molecule has 0 aliphatic carbocycles. The number of alkyl halides is 7. The number of aromatic nitrogens is 1. The highest BCUT2D eigenvalue weighted by atomic mass is 79.9. The molecule has 0 unspecified atom stereocenters. The maximum Gasteiger partial charge on any atom is 0.573 e. The van der Waals surface area contributed by atoms with Gasteiger partial charge >= 0.3 is 12.5 Å². The van der Waals surface area contributed by atoms with E-state index in [4.69, 9.17) is 11.6 Å². The van der Waals surface area contributed by atoms with Crippen molar-refractivity contribution >= 4 is 32.8 Å². The Hall–Kier alpha value is -1.03. The highest BCUT2D eigenvalue weighted by molar-refractivity contribution is 9.08. The Morgan fingerprint density at radius 2 is 1.85 bits per heavy atom. The summed E-state index contributed by atoms with van der Waals surface area (Å²) in [4.78, 5) is 14.3. The normalized spacial score (nSPS) is 12.4. The molecule has 11 heteroatoms. The Balaban J connectivity index is 3.62. The molecule has 0 saturated heterocycles. The van der Waals surface area contributed by atoms with E-state index in [0.29, 0.717) is 0 Å². The van der Waals surface area contributed by atoms with Crippen molar-refractivity contribution in [1.29, 1.82) is 0 Å². The molecule has 0 amide bonds. The van der Waals surface area contributed by atoms with Crippen molar-refractivity contribution < 1.29 is 35.9 Å². The Morgan fingerprint density at radius 3 is 2.20 bits per heavy atom. The number of hydrogen-bond donors (Lipinski definition) is 0. The van der Waals surface area contributed by atoms with Gasteiger partial charge < -0.3 is 4.74 Å². The predicted octanol–water partition coefficient (Wildman–Crippen LogP) is 4.27. The molecular formula is C9H3BrClF6NO2. The lowest BCUT2D eigenvalue weighted by atomic mass is 10.1. The molecular weight excluding hydrogens is 383 g/mol. The topological polar surface area (TPSA) is 39.2 Å². The number of nitrogens with zero attached hydrogens (tertiary/aromatic N) is 1. The number of hydrogen-bond acceptors (Lipinski definition) is 3. The monoisotopic (exact) mass is 385 g/mol. The SMILES string of the molecule is O=C(Cl)c1c(C(F)(F)F)cnc(CBr)c1OC(F)(F)F. The van der Waals surface area contributed by atoms with Gasteiger partial charge in [0, 0.05) is 11.5 Å². The van der Waals surface area contributed by atoms with Gasteiger partial charge in [-0.15, -0.1) is 13.2 Å². The van der Waals surface area contributed by atoms with E-state index in [1.807, 2.05) is 0 Å². The van der Waals surface area contributed by atoms with Crippen molar-refractivity contribution in [3.05, 3.63) is 23.0 Å². The number of pyridine rings is 1. The summed E-state index contributed by atoms with van der Waals surface area (Å²) < 4.78 is 78.1. The van der Waals surface area contributed by atoms with Crippen molar-refractivity contribution in [3.63, 3.8) is 0 Å². The zero-order valence-electron chi connectivity index (χ0n) is 9.07. The molecule has 1 rings (SSSR count). The fraction of sp³-hybridized carbons (Fsp3) is 0.333. The molecule has 112 valence electrons. The van der Waals surface area contributed by atoms with Gasteiger partial charge in [0.15, 0.2) is 5.75 Å². The summed E-state index contributed by atoms with van der Waals surface area (Å²) >= 11 is 7.68. The fourth-order valence-corrected chi connectivity index (χ4v) is 1.85. The van der Waals surface area contributed by atoms with E-state index >= 15 is 0 Å². The molecule has 0 aliphatic rings. The Labute approximate surface area is 121 Å². The minimum atomic E-state index is -5.30. The maximum atomic E-state index is 12.7. The average Bonchev–Trinajstić information content (AvgIpc) is 2.24. The third-order valence-electron chi connectivity index (χ3n) is 1.95. The lowest BCUT2D eigenvalue weighted by molar-refractivity contribution is -0.275. The van der Waals surface area contributed by atoms with Gasteiger partial charge in [0.25, 0.3) is 5.24 Å². The van der Waals surface area contributed by atoms with Crippen LogP contribution in [0.3, 0.4) is 0 Å². The number of carbonyl (C=O) groups excluding carboxylic acids is 1. The summed E-state index contributed by atoms with van der Waals surface area (Å²) in [7, 11) is 0. The molecule has 0 atom stereocenters. The first-order valence-electron chi connectivity index (χ1n) is 4.58. The molecule has 0 radical (unpaired) electrons. The van der Waals surface area contributed by atoms with E-state index in [1.165, 1.54) is 0 Å². The van der Waals surface area contributed by atoms with Crippen molar-refractivity contribution in [2.45, 2.75) is 17.9 Å². The van der Waals surface area contributed by atoms with Crippen molar-refractivity contribution in [2.75, 3.05) is 0 Å². The summed E-state index contributed by atoms with van der Waals surface area (Å²) in [5, 5.41) is -2.10. The van der Waals surface area contributed by atoms with Gasteiger partial charge in [-0.25, -0.2) is 0 Å². The van der Waals surface area contributed by atoms with Crippen LogP contribution in [0, 0.1) is 0 Å².